The van der Waals surface area contributed by atoms with Gasteiger partial charge in [-0.2, -0.15) is 0 Å². The first-order valence-electron chi connectivity index (χ1n) is 7.35. The lowest BCUT2D eigenvalue weighted by molar-refractivity contribution is 0.632. The average Bonchev–Trinajstić information content (AvgIpc) is 2.56. The minimum absolute atomic E-state index is 0.825. The zero-order chi connectivity index (χ0) is 14.7. The summed E-state index contributed by atoms with van der Waals surface area (Å²) in [5.74, 6) is 1.86. The van der Waals surface area contributed by atoms with Crippen LogP contribution in [-0.2, 0) is 6.42 Å². The molecule has 0 N–H and O–H groups in total. The molecule has 0 aromatic carbocycles. The quantitative estimate of drug-likeness (QED) is 0.850. The van der Waals surface area contributed by atoms with Crippen LogP contribution in [0, 0.1) is 6.92 Å². The Hall–Kier alpha value is -2.24. The third-order valence-electron chi connectivity index (χ3n) is 3.83. The second-order valence-corrected chi connectivity index (χ2v) is 5.25. The van der Waals surface area contributed by atoms with Crippen LogP contribution in [0.3, 0.4) is 0 Å². The molecule has 0 spiro atoms. The van der Waals surface area contributed by atoms with Gasteiger partial charge in [0.2, 0.25) is 5.95 Å². The first-order valence-corrected chi connectivity index (χ1v) is 7.35. The van der Waals surface area contributed by atoms with Crippen molar-refractivity contribution in [1.82, 2.24) is 19.9 Å². The number of anilines is 2. The molecule has 0 amide bonds. The first kappa shape index (κ1) is 13.7. The number of aromatic nitrogens is 4. The fourth-order valence-corrected chi connectivity index (χ4v) is 2.54. The van der Waals surface area contributed by atoms with E-state index in [4.69, 9.17) is 0 Å². The van der Waals surface area contributed by atoms with Gasteiger partial charge in [0.1, 0.15) is 12.1 Å². The highest BCUT2D eigenvalue weighted by Gasteiger charge is 2.20. The first-order chi connectivity index (χ1) is 10.3. The molecule has 0 unspecified atom stereocenters. The van der Waals surface area contributed by atoms with Gasteiger partial charge in [-0.25, -0.2) is 19.9 Å². The summed E-state index contributed by atoms with van der Waals surface area (Å²) in [7, 11) is 0. The topological polar surface area (TPSA) is 58.0 Å². The molecular formula is C15H20N6. The predicted molar refractivity (Wildman–Crippen MR) is 82.6 cm³/mol. The van der Waals surface area contributed by atoms with Gasteiger partial charge in [-0.1, -0.05) is 6.92 Å². The Balaban J connectivity index is 1.66. The molecule has 0 radical (unpaired) electrons. The molecule has 6 heteroatoms. The molecule has 2 aromatic rings. The van der Waals surface area contributed by atoms with E-state index in [-0.39, 0.29) is 0 Å². The normalized spacial score (nSPS) is 15.3. The van der Waals surface area contributed by atoms with E-state index in [2.05, 4.69) is 36.7 Å². The zero-order valence-electron chi connectivity index (χ0n) is 12.5. The average molecular weight is 284 g/mol. The van der Waals surface area contributed by atoms with Crippen molar-refractivity contribution >= 4 is 11.8 Å². The van der Waals surface area contributed by atoms with E-state index in [0.717, 1.165) is 49.9 Å². The van der Waals surface area contributed by atoms with Crippen molar-refractivity contribution in [3.05, 3.63) is 36.0 Å². The van der Waals surface area contributed by atoms with Crippen molar-refractivity contribution in [1.29, 1.82) is 0 Å². The monoisotopic (exact) mass is 284 g/mol. The van der Waals surface area contributed by atoms with Crippen molar-refractivity contribution < 1.29 is 0 Å². The summed E-state index contributed by atoms with van der Waals surface area (Å²) >= 11 is 0. The van der Waals surface area contributed by atoms with E-state index in [1.165, 1.54) is 5.56 Å². The number of hydrogen-bond donors (Lipinski definition) is 0. The molecule has 1 fully saturated rings. The minimum Gasteiger partial charge on any atom is -0.353 e. The second kappa shape index (κ2) is 6.03. The standard InChI is InChI=1S/C15H20N6/c1-3-13-9-17-15(18-10-13)21-6-4-20(5-7-21)14-12(2)8-16-11-19-14/h8-11H,3-7H2,1-2H3. The van der Waals surface area contributed by atoms with Crippen LogP contribution in [-0.4, -0.2) is 46.1 Å². The lowest BCUT2D eigenvalue weighted by atomic mass is 10.2. The Kier molecular flexibility index (Phi) is 3.94. The van der Waals surface area contributed by atoms with Gasteiger partial charge < -0.3 is 9.80 Å². The fraction of sp³-hybridized carbons (Fsp3) is 0.467. The van der Waals surface area contributed by atoms with E-state index in [0.29, 0.717) is 0 Å². The summed E-state index contributed by atoms with van der Waals surface area (Å²) in [5.41, 5.74) is 2.29. The maximum absolute atomic E-state index is 4.46. The molecule has 0 bridgehead atoms. The van der Waals surface area contributed by atoms with E-state index in [1.807, 2.05) is 25.5 Å². The van der Waals surface area contributed by atoms with Gasteiger partial charge in [0.25, 0.3) is 0 Å². The summed E-state index contributed by atoms with van der Waals surface area (Å²) < 4.78 is 0. The van der Waals surface area contributed by atoms with Gasteiger partial charge in [-0.3, -0.25) is 0 Å². The lowest BCUT2D eigenvalue weighted by Crippen LogP contribution is -2.47. The SMILES string of the molecule is CCc1cnc(N2CCN(c3ncncc3C)CC2)nc1. The number of nitrogens with zero attached hydrogens (tertiary/aromatic N) is 6. The Morgan fingerprint density at radius 3 is 2.24 bits per heavy atom. The third-order valence-corrected chi connectivity index (χ3v) is 3.83. The van der Waals surface area contributed by atoms with E-state index >= 15 is 0 Å². The molecule has 3 rings (SSSR count). The van der Waals surface area contributed by atoms with Crippen LogP contribution in [0.1, 0.15) is 18.1 Å². The van der Waals surface area contributed by atoms with Crippen LogP contribution in [0.25, 0.3) is 0 Å². The van der Waals surface area contributed by atoms with Crippen LogP contribution in [0.5, 0.6) is 0 Å². The fourth-order valence-electron chi connectivity index (χ4n) is 2.54. The van der Waals surface area contributed by atoms with Crippen molar-refractivity contribution in [2.45, 2.75) is 20.3 Å². The van der Waals surface area contributed by atoms with Crippen LogP contribution >= 0.6 is 0 Å². The van der Waals surface area contributed by atoms with Gasteiger partial charge in [-0.15, -0.1) is 0 Å². The third kappa shape index (κ3) is 2.94. The second-order valence-electron chi connectivity index (χ2n) is 5.25. The van der Waals surface area contributed by atoms with Crippen LogP contribution in [0.2, 0.25) is 0 Å². The van der Waals surface area contributed by atoms with Crippen molar-refractivity contribution in [3.8, 4) is 0 Å². The molecule has 0 saturated carbocycles. The van der Waals surface area contributed by atoms with E-state index in [1.54, 1.807) is 6.33 Å². The van der Waals surface area contributed by atoms with Crippen LogP contribution in [0.4, 0.5) is 11.8 Å². The van der Waals surface area contributed by atoms with Gasteiger partial charge in [-0.05, 0) is 18.9 Å². The van der Waals surface area contributed by atoms with Gasteiger partial charge >= 0.3 is 0 Å². The summed E-state index contributed by atoms with van der Waals surface area (Å²) in [6, 6.07) is 0. The Morgan fingerprint density at radius 2 is 1.62 bits per heavy atom. The van der Waals surface area contributed by atoms with Gasteiger partial charge in [0.15, 0.2) is 0 Å². The number of piperazine rings is 1. The summed E-state index contributed by atoms with van der Waals surface area (Å²) in [4.78, 5) is 21.9. The predicted octanol–water partition coefficient (Wildman–Crippen LogP) is 1.46. The molecule has 0 atom stereocenters. The maximum Gasteiger partial charge on any atom is 0.225 e. The highest BCUT2D eigenvalue weighted by atomic mass is 15.3. The van der Waals surface area contributed by atoms with Crippen molar-refractivity contribution in [2.24, 2.45) is 0 Å². The van der Waals surface area contributed by atoms with E-state index in [9.17, 15) is 0 Å². The molecule has 110 valence electrons. The molecule has 1 aliphatic rings. The van der Waals surface area contributed by atoms with Crippen LogP contribution < -0.4 is 9.80 Å². The zero-order valence-corrected chi connectivity index (χ0v) is 12.5. The largest absolute Gasteiger partial charge is 0.353 e. The number of rotatable bonds is 3. The summed E-state index contributed by atoms with van der Waals surface area (Å²) in [5, 5.41) is 0. The number of aryl methyl sites for hydroxylation is 2. The molecular weight excluding hydrogens is 264 g/mol. The smallest absolute Gasteiger partial charge is 0.225 e. The maximum atomic E-state index is 4.46. The van der Waals surface area contributed by atoms with Gasteiger partial charge in [0.05, 0.1) is 0 Å². The highest BCUT2D eigenvalue weighted by Crippen LogP contribution is 2.18. The Morgan fingerprint density at radius 1 is 0.952 bits per heavy atom. The van der Waals surface area contributed by atoms with Crippen molar-refractivity contribution in [2.75, 3.05) is 36.0 Å². The van der Waals surface area contributed by atoms with Crippen LogP contribution in [0.15, 0.2) is 24.9 Å². The molecule has 1 aliphatic heterocycles. The van der Waals surface area contributed by atoms with Gasteiger partial charge in [0, 0.05) is 50.3 Å². The highest BCUT2D eigenvalue weighted by molar-refractivity contribution is 5.46. The summed E-state index contributed by atoms with van der Waals surface area (Å²) in [6.45, 7) is 7.84. The molecule has 2 aromatic heterocycles. The lowest BCUT2D eigenvalue weighted by Gasteiger charge is -2.35. The molecule has 3 heterocycles. The number of hydrogen-bond acceptors (Lipinski definition) is 6. The van der Waals surface area contributed by atoms with E-state index < -0.39 is 0 Å². The minimum atomic E-state index is 0.825. The Bertz CT molecular complexity index is 589. The Labute approximate surface area is 124 Å². The molecule has 6 nitrogen and oxygen atoms in total. The molecule has 1 saturated heterocycles. The molecule has 0 aliphatic carbocycles. The summed E-state index contributed by atoms with van der Waals surface area (Å²) in [6.07, 6.45) is 8.29. The van der Waals surface area contributed by atoms with Crippen molar-refractivity contribution in [3.63, 3.8) is 0 Å². The molecule has 21 heavy (non-hydrogen) atoms.